The highest BCUT2D eigenvalue weighted by atomic mass is 32.1. The summed E-state index contributed by atoms with van der Waals surface area (Å²) in [5.41, 5.74) is 1.62. The summed E-state index contributed by atoms with van der Waals surface area (Å²) in [5, 5.41) is 3.31. The summed E-state index contributed by atoms with van der Waals surface area (Å²) < 4.78 is 0. The van der Waals surface area contributed by atoms with Crippen LogP contribution in [-0.2, 0) is 12.8 Å². The molecule has 2 unspecified atom stereocenters. The lowest BCUT2D eigenvalue weighted by Crippen LogP contribution is -2.19. The molecule has 2 heteroatoms. The van der Waals surface area contributed by atoms with Crippen molar-refractivity contribution in [2.75, 3.05) is 13.6 Å². The highest BCUT2D eigenvalue weighted by Crippen LogP contribution is 2.42. The normalized spacial score (nSPS) is 25.4. The van der Waals surface area contributed by atoms with Gasteiger partial charge in [-0.2, -0.15) is 0 Å². The number of likely N-dealkylation sites (N-methyl/N-ethyl adjacent to an activating group) is 1. The third-order valence-electron chi connectivity index (χ3n) is 3.23. The van der Waals surface area contributed by atoms with Crippen LogP contribution in [0.2, 0.25) is 0 Å². The van der Waals surface area contributed by atoms with E-state index in [-0.39, 0.29) is 0 Å². The summed E-state index contributed by atoms with van der Waals surface area (Å²) in [6.07, 6.45) is 2.48. The third kappa shape index (κ3) is 1.61. The Balaban J connectivity index is 2.25. The van der Waals surface area contributed by atoms with Gasteiger partial charge < -0.3 is 5.32 Å². The number of hydrogen-bond acceptors (Lipinski definition) is 2. The fourth-order valence-electron chi connectivity index (χ4n) is 2.41. The van der Waals surface area contributed by atoms with E-state index in [9.17, 15) is 0 Å². The molecule has 1 N–H and O–H groups in total. The molecular weight excluding hydrogens is 190 g/mol. The van der Waals surface area contributed by atoms with E-state index in [2.05, 4.69) is 32.3 Å². The van der Waals surface area contributed by atoms with E-state index in [4.69, 9.17) is 0 Å². The third-order valence-corrected chi connectivity index (χ3v) is 4.68. The Kier molecular flexibility index (Phi) is 2.93. The van der Waals surface area contributed by atoms with E-state index in [1.165, 1.54) is 12.8 Å². The monoisotopic (exact) mass is 209 g/mol. The Bertz CT molecular complexity index is 316. The Labute approximate surface area is 90.5 Å². The Morgan fingerprint density at radius 2 is 2.36 bits per heavy atom. The van der Waals surface area contributed by atoms with Crippen molar-refractivity contribution < 1.29 is 0 Å². The molecule has 1 heterocycles. The van der Waals surface area contributed by atoms with Gasteiger partial charge in [-0.3, -0.25) is 0 Å². The topological polar surface area (TPSA) is 12.0 Å². The van der Waals surface area contributed by atoms with Crippen molar-refractivity contribution in [3.8, 4) is 0 Å². The quantitative estimate of drug-likeness (QED) is 0.807. The SMILES string of the molecule is CCc1cc2c(s1)C(CNC)C(C)C2. The van der Waals surface area contributed by atoms with Crippen molar-refractivity contribution in [3.63, 3.8) is 0 Å². The zero-order valence-corrected chi connectivity index (χ0v) is 10.1. The first-order valence-corrected chi connectivity index (χ1v) is 6.34. The summed E-state index contributed by atoms with van der Waals surface area (Å²) in [7, 11) is 2.05. The second kappa shape index (κ2) is 4.03. The number of nitrogens with one attached hydrogen (secondary N) is 1. The molecule has 1 aromatic rings. The number of aryl methyl sites for hydroxylation is 1. The molecule has 0 amide bonds. The molecule has 0 radical (unpaired) electrons. The Morgan fingerprint density at radius 1 is 1.57 bits per heavy atom. The number of fused-ring (bicyclic) bond motifs is 1. The second-order valence-corrected chi connectivity index (χ2v) is 5.47. The summed E-state index contributed by atoms with van der Waals surface area (Å²) >= 11 is 2.03. The Hall–Kier alpha value is -0.340. The van der Waals surface area contributed by atoms with Gasteiger partial charge in [0.1, 0.15) is 0 Å². The van der Waals surface area contributed by atoms with Crippen LogP contribution in [0.25, 0.3) is 0 Å². The molecule has 78 valence electrons. The molecule has 0 saturated heterocycles. The molecule has 1 aliphatic carbocycles. The van der Waals surface area contributed by atoms with Crippen molar-refractivity contribution in [1.82, 2.24) is 5.32 Å². The average Bonchev–Trinajstić information content (AvgIpc) is 2.67. The second-order valence-electron chi connectivity index (χ2n) is 4.30. The molecule has 14 heavy (non-hydrogen) atoms. The molecule has 0 bridgehead atoms. The van der Waals surface area contributed by atoms with Crippen LogP contribution in [0.1, 0.15) is 35.1 Å². The Morgan fingerprint density at radius 3 is 3.00 bits per heavy atom. The van der Waals surface area contributed by atoms with Gasteiger partial charge in [-0.05, 0) is 37.4 Å². The average molecular weight is 209 g/mol. The minimum Gasteiger partial charge on any atom is -0.319 e. The van der Waals surface area contributed by atoms with Crippen LogP contribution in [0, 0.1) is 5.92 Å². The molecule has 2 atom stereocenters. The smallest absolute Gasteiger partial charge is 0.0127 e. The van der Waals surface area contributed by atoms with Crippen molar-refractivity contribution in [2.45, 2.75) is 32.6 Å². The van der Waals surface area contributed by atoms with Crippen LogP contribution in [0.4, 0.5) is 0 Å². The van der Waals surface area contributed by atoms with Crippen LogP contribution in [0.15, 0.2) is 6.07 Å². The van der Waals surface area contributed by atoms with E-state index in [1.54, 1.807) is 15.3 Å². The van der Waals surface area contributed by atoms with Gasteiger partial charge in [0.05, 0.1) is 0 Å². The zero-order valence-electron chi connectivity index (χ0n) is 9.26. The van der Waals surface area contributed by atoms with E-state index in [0.717, 1.165) is 18.4 Å². The van der Waals surface area contributed by atoms with Crippen LogP contribution < -0.4 is 5.32 Å². The van der Waals surface area contributed by atoms with Crippen molar-refractivity contribution >= 4 is 11.3 Å². The molecule has 2 rings (SSSR count). The maximum atomic E-state index is 3.31. The van der Waals surface area contributed by atoms with Gasteiger partial charge >= 0.3 is 0 Å². The molecular formula is C12H19NS. The first-order valence-electron chi connectivity index (χ1n) is 5.52. The highest BCUT2D eigenvalue weighted by Gasteiger charge is 2.30. The van der Waals surface area contributed by atoms with Gasteiger partial charge in [-0.25, -0.2) is 0 Å². The summed E-state index contributed by atoms with van der Waals surface area (Å²) in [5.74, 6) is 1.59. The lowest BCUT2D eigenvalue weighted by Gasteiger charge is -2.14. The predicted molar refractivity (Wildman–Crippen MR) is 63.2 cm³/mol. The van der Waals surface area contributed by atoms with E-state index >= 15 is 0 Å². The summed E-state index contributed by atoms with van der Waals surface area (Å²) in [6, 6.07) is 2.42. The van der Waals surface area contributed by atoms with Crippen LogP contribution in [0.5, 0.6) is 0 Å². The molecule has 0 aliphatic heterocycles. The van der Waals surface area contributed by atoms with Gasteiger partial charge in [0.2, 0.25) is 0 Å². The van der Waals surface area contributed by atoms with Gasteiger partial charge in [0.25, 0.3) is 0 Å². The first-order chi connectivity index (χ1) is 6.76. The predicted octanol–water partition coefficient (Wildman–Crippen LogP) is 2.81. The largest absolute Gasteiger partial charge is 0.319 e. The van der Waals surface area contributed by atoms with Crippen LogP contribution >= 0.6 is 11.3 Å². The number of thiophene rings is 1. The molecule has 1 nitrogen and oxygen atoms in total. The van der Waals surface area contributed by atoms with Crippen LogP contribution in [-0.4, -0.2) is 13.6 Å². The fourth-order valence-corrected chi connectivity index (χ4v) is 3.78. The van der Waals surface area contributed by atoms with Gasteiger partial charge in [0, 0.05) is 22.2 Å². The summed E-state index contributed by atoms with van der Waals surface area (Å²) in [6.45, 7) is 5.76. The van der Waals surface area contributed by atoms with E-state index in [1.807, 2.05) is 11.3 Å². The van der Waals surface area contributed by atoms with Gasteiger partial charge in [-0.15, -0.1) is 11.3 Å². The molecule has 0 spiro atoms. The fraction of sp³-hybridized carbons (Fsp3) is 0.667. The van der Waals surface area contributed by atoms with E-state index < -0.39 is 0 Å². The van der Waals surface area contributed by atoms with E-state index in [0.29, 0.717) is 0 Å². The zero-order chi connectivity index (χ0) is 10.1. The molecule has 0 saturated carbocycles. The van der Waals surface area contributed by atoms with Crippen molar-refractivity contribution in [2.24, 2.45) is 5.92 Å². The molecule has 0 fully saturated rings. The number of hydrogen-bond donors (Lipinski definition) is 1. The lowest BCUT2D eigenvalue weighted by molar-refractivity contribution is 0.483. The maximum absolute atomic E-state index is 3.31. The summed E-state index contributed by atoms with van der Waals surface area (Å²) in [4.78, 5) is 3.21. The van der Waals surface area contributed by atoms with Gasteiger partial charge in [0.15, 0.2) is 0 Å². The molecule has 1 aromatic heterocycles. The van der Waals surface area contributed by atoms with Crippen LogP contribution in [0.3, 0.4) is 0 Å². The minimum absolute atomic E-state index is 0.764. The standard InChI is InChI=1S/C12H19NS/c1-4-10-6-9-5-8(2)11(7-13-3)12(9)14-10/h6,8,11,13H,4-5,7H2,1-3H3. The van der Waals surface area contributed by atoms with Gasteiger partial charge in [-0.1, -0.05) is 13.8 Å². The minimum atomic E-state index is 0.764. The van der Waals surface area contributed by atoms with Crippen molar-refractivity contribution in [1.29, 1.82) is 0 Å². The number of rotatable bonds is 3. The molecule has 0 aromatic carbocycles. The van der Waals surface area contributed by atoms with Crippen molar-refractivity contribution in [3.05, 3.63) is 21.4 Å². The maximum Gasteiger partial charge on any atom is 0.0127 e. The lowest BCUT2D eigenvalue weighted by atomic mass is 9.98. The first kappa shape index (κ1) is 10.2. The highest BCUT2D eigenvalue weighted by molar-refractivity contribution is 7.12. The molecule has 1 aliphatic rings.